The fourth-order valence-corrected chi connectivity index (χ4v) is 2.26. The summed E-state index contributed by atoms with van der Waals surface area (Å²) in [6.07, 6.45) is 3.62. The molecule has 0 heterocycles. The van der Waals surface area contributed by atoms with Crippen LogP contribution >= 0.6 is 0 Å². The van der Waals surface area contributed by atoms with Crippen LogP contribution in [0, 0.1) is 11.8 Å². The van der Waals surface area contributed by atoms with Crippen LogP contribution in [0.25, 0.3) is 0 Å². The normalized spacial score (nSPS) is 24.6. The van der Waals surface area contributed by atoms with E-state index in [9.17, 15) is 9.59 Å². The van der Waals surface area contributed by atoms with Crippen molar-refractivity contribution in [1.82, 2.24) is 5.32 Å². The van der Waals surface area contributed by atoms with Gasteiger partial charge < -0.3 is 15.8 Å². The van der Waals surface area contributed by atoms with Crippen molar-refractivity contribution in [2.45, 2.75) is 45.6 Å². The van der Waals surface area contributed by atoms with Gasteiger partial charge in [0.25, 0.3) is 0 Å². The van der Waals surface area contributed by atoms with E-state index in [2.05, 4.69) is 5.32 Å². The molecule has 0 bridgehead atoms. The number of rotatable bonds is 6. The Hall–Kier alpha value is -1.10. The molecule has 1 amide bonds. The van der Waals surface area contributed by atoms with E-state index in [-0.39, 0.29) is 23.8 Å². The standard InChI is InChI=1S/C13H24N2O3/c1-3-18-13(17)9(2)8-15-12(16)7-10-5-4-6-11(10)14/h9-11H,3-8,14H2,1-2H3,(H,15,16)/t9?,10-,11+/m0/s1. The van der Waals surface area contributed by atoms with Gasteiger partial charge in [0.15, 0.2) is 0 Å². The summed E-state index contributed by atoms with van der Waals surface area (Å²) in [5, 5.41) is 2.77. The summed E-state index contributed by atoms with van der Waals surface area (Å²) in [6, 6.07) is 0.151. The maximum Gasteiger partial charge on any atom is 0.310 e. The van der Waals surface area contributed by atoms with Crippen LogP contribution in [-0.2, 0) is 14.3 Å². The van der Waals surface area contributed by atoms with Gasteiger partial charge in [-0.05, 0) is 25.7 Å². The third-order valence-electron chi connectivity index (χ3n) is 3.46. The molecule has 3 atom stereocenters. The van der Waals surface area contributed by atoms with E-state index in [0.717, 1.165) is 19.3 Å². The number of ether oxygens (including phenoxy) is 1. The Labute approximate surface area is 108 Å². The SMILES string of the molecule is CCOC(=O)C(C)CNC(=O)C[C@@H]1CCC[C@H]1N. The Bertz CT molecular complexity index is 294. The highest BCUT2D eigenvalue weighted by Crippen LogP contribution is 2.26. The van der Waals surface area contributed by atoms with Crippen LogP contribution in [0.2, 0.25) is 0 Å². The van der Waals surface area contributed by atoms with E-state index in [1.54, 1.807) is 13.8 Å². The second-order valence-corrected chi connectivity index (χ2v) is 5.02. The van der Waals surface area contributed by atoms with Crippen LogP contribution in [0.15, 0.2) is 0 Å². The molecule has 0 aliphatic heterocycles. The molecule has 1 unspecified atom stereocenters. The van der Waals surface area contributed by atoms with E-state index < -0.39 is 0 Å². The van der Waals surface area contributed by atoms with Crippen molar-refractivity contribution in [1.29, 1.82) is 0 Å². The Morgan fingerprint density at radius 2 is 2.17 bits per heavy atom. The second-order valence-electron chi connectivity index (χ2n) is 5.02. The van der Waals surface area contributed by atoms with Crippen LogP contribution in [0.4, 0.5) is 0 Å². The molecule has 1 rings (SSSR count). The summed E-state index contributed by atoms with van der Waals surface area (Å²) in [6.45, 7) is 4.22. The van der Waals surface area contributed by atoms with Gasteiger partial charge in [-0.25, -0.2) is 0 Å². The van der Waals surface area contributed by atoms with Crippen LogP contribution in [-0.4, -0.2) is 31.1 Å². The number of hydrogen-bond acceptors (Lipinski definition) is 4. The first-order valence-electron chi connectivity index (χ1n) is 6.73. The number of amides is 1. The molecule has 1 saturated carbocycles. The Balaban J connectivity index is 2.22. The van der Waals surface area contributed by atoms with Crippen molar-refractivity contribution in [2.24, 2.45) is 17.6 Å². The van der Waals surface area contributed by atoms with Gasteiger partial charge >= 0.3 is 5.97 Å². The molecule has 0 radical (unpaired) electrons. The van der Waals surface area contributed by atoms with Crippen molar-refractivity contribution in [2.75, 3.05) is 13.2 Å². The van der Waals surface area contributed by atoms with Gasteiger partial charge in [0.05, 0.1) is 12.5 Å². The fraction of sp³-hybridized carbons (Fsp3) is 0.846. The molecule has 0 aromatic rings. The quantitative estimate of drug-likeness (QED) is 0.689. The summed E-state index contributed by atoms with van der Waals surface area (Å²) in [4.78, 5) is 23.1. The zero-order valence-corrected chi connectivity index (χ0v) is 11.3. The monoisotopic (exact) mass is 256 g/mol. The molecule has 0 saturated heterocycles. The molecule has 1 aliphatic carbocycles. The van der Waals surface area contributed by atoms with Crippen molar-refractivity contribution >= 4 is 11.9 Å². The average Bonchev–Trinajstić information content (AvgIpc) is 2.72. The van der Waals surface area contributed by atoms with Crippen molar-refractivity contribution in [3.63, 3.8) is 0 Å². The van der Waals surface area contributed by atoms with Gasteiger partial charge in [0.2, 0.25) is 5.91 Å². The molecule has 0 aromatic carbocycles. The molecule has 1 fully saturated rings. The van der Waals surface area contributed by atoms with E-state index in [0.29, 0.717) is 25.5 Å². The zero-order valence-electron chi connectivity index (χ0n) is 11.3. The Kier molecular flexibility index (Phi) is 6.12. The number of hydrogen-bond donors (Lipinski definition) is 2. The molecule has 104 valence electrons. The van der Waals surface area contributed by atoms with Crippen molar-refractivity contribution in [3.8, 4) is 0 Å². The first-order valence-corrected chi connectivity index (χ1v) is 6.73. The first kappa shape index (κ1) is 15.0. The molecular weight excluding hydrogens is 232 g/mol. The largest absolute Gasteiger partial charge is 0.466 e. The number of nitrogens with one attached hydrogen (secondary N) is 1. The molecule has 0 spiro atoms. The van der Waals surface area contributed by atoms with E-state index >= 15 is 0 Å². The molecule has 5 nitrogen and oxygen atoms in total. The number of nitrogens with two attached hydrogens (primary N) is 1. The predicted molar refractivity (Wildman–Crippen MR) is 68.7 cm³/mol. The van der Waals surface area contributed by atoms with Crippen molar-refractivity contribution in [3.05, 3.63) is 0 Å². The first-order chi connectivity index (χ1) is 8.54. The van der Waals surface area contributed by atoms with E-state index in [1.165, 1.54) is 0 Å². The number of esters is 1. The third-order valence-corrected chi connectivity index (χ3v) is 3.46. The fourth-order valence-electron chi connectivity index (χ4n) is 2.26. The Morgan fingerprint density at radius 3 is 2.72 bits per heavy atom. The highest BCUT2D eigenvalue weighted by molar-refractivity contribution is 5.78. The summed E-state index contributed by atoms with van der Waals surface area (Å²) in [7, 11) is 0. The summed E-state index contributed by atoms with van der Waals surface area (Å²) in [5.41, 5.74) is 5.92. The van der Waals surface area contributed by atoms with Crippen LogP contribution in [0.5, 0.6) is 0 Å². The van der Waals surface area contributed by atoms with Gasteiger partial charge in [-0.3, -0.25) is 9.59 Å². The van der Waals surface area contributed by atoms with E-state index in [4.69, 9.17) is 10.5 Å². The van der Waals surface area contributed by atoms with Crippen LogP contribution in [0.1, 0.15) is 39.5 Å². The van der Waals surface area contributed by atoms with Crippen molar-refractivity contribution < 1.29 is 14.3 Å². The molecule has 1 aliphatic rings. The smallest absolute Gasteiger partial charge is 0.310 e. The summed E-state index contributed by atoms with van der Waals surface area (Å²) >= 11 is 0. The second kappa shape index (κ2) is 7.36. The van der Waals surface area contributed by atoms with Gasteiger partial charge in [-0.1, -0.05) is 13.3 Å². The predicted octanol–water partition coefficient (Wildman–Crippen LogP) is 0.819. The van der Waals surface area contributed by atoms with Gasteiger partial charge in [0, 0.05) is 19.0 Å². The minimum absolute atomic E-state index is 0.0199. The summed E-state index contributed by atoms with van der Waals surface area (Å²) < 4.78 is 4.88. The molecule has 0 aromatic heterocycles. The highest BCUT2D eigenvalue weighted by atomic mass is 16.5. The number of carbonyl (C=O) groups excluding carboxylic acids is 2. The molecule has 5 heteroatoms. The zero-order chi connectivity index (χ0) is 13.5. The molecule has 3 N–H and O–H groups in total. The van der Waals surface area contributed by atoms with E-state index in [1.807, 2.05) is 0 Å². The van der Waals surface area contributed by atoms with Gasteiger partial charge in [0.1, 0.15) is 0 Å². The average molecular weight is 256 g/mol. The van der Waals surface area contributed by atoms with Crippen LogP contribution < -0.4 is 11.1 Å². The topological polar surface area (TPSA) is 81.4 Å². The summed E-state index contributed by atoms with van der Waals surface area (Å²) in [5.74, 6) is -0.294. The number of carbonyl (C=O) groups is 2. The minimum atomic E-state index is -0.300. The minimum Gasteiger partial charge on any atom is -0.466 e. The van der Waals surface area contributed by atoms with Gasteiger partial charge in [-0.2, -0.15) is 0 Å². The highest BCUT2D eigenvalue weighted by Gasteiger charge is 2.26. The maximum absolute atomic E-state index is 11.7. The lowest BCUT2D eigenvalue weighted by molar-refractivity contribution is -0.147. The molecular formula is C13H24N2O3. The lowest BCUT2D eigenvalue weighted by Crippen LogP contribution is -2.35. The lowest BCUT2D eigenvalue weighted by Gasteiger charge is -2.16. The lowest BCUT2D eigenvalue weighted by atomic mass is 10.00. The maximum atomic E-state index is 11.7. The third kappa shape index (κ3) is 4.64. The van der Waals surface area contributed by atoms with Gasteiger partial charge in [-0.15, -0.1) is 0 Å². The molecule has 18 heavy (non-hydrogen) atoms. The Morgan fingerprint density at radius 1 is 1.44 bits per heavy atom. The van der Waals surface area contributed by atoms with Crippen LogP contribution in [0.3, 0.4) is 0 Å².